The number of nitrogens with two attached hydrogens (primary N) is 1. The molecule has 0 saturated heterocycles. The van der Waals surface area contributed by atoms with Crippen molar-refractivity contribution in [1.82, 2.24) is 9.78 Å². The van der Waals surface area contributed by atoms with Crippen molar-refractivity contribution in [3.8, 4) is 5.69 Å². The van der Waals surface area contributed by atoms with Gasteiger partial charge in [0.05, 0.1) is 15.5 Å². The molecule has 2 N–H and O–H groups in total. The second kappa shape index (κ2) is 4.73. The first kappa shape index (κ1) is 12.5. The number of hydrogen-bond donors (Lipinski definition) is 1. The van der Waals surface area contributed by atoms with E-state index < -0.39 is 0 Å². The molecule has 3 nitrogen and oxygen atoms in total. The molecule has 0 fully saturated rings. The summed E-state index contributed by atoms with van der Waals surface area (Å²) in [4.78, 5) is 0. The fraction of sp³-hybridized carbons (Fsp3) is 0.250. The lowest BCUT2D eigenvalue weighted by Gasteiger charge is -2.14. The highest BCUT2D eigenvalue weighted by molar-refractivity contribution is 14.1. The Labute approximate surface area is 113 Å². The number of halogens is 2. The molecule has 0 amide bonds. The van der Waals surface area contributed by atoms with E-state index >= 15 is 0 Å². The minimum absolute atomic E-state index is 0.233. The molecule has 1 atom stereocenters. The Morgan fingerprint density at radius 1 is 1.47 bits per heavy atom. The number of aromatic nitrogens is 2. The molecule has 1 aromatic carbocycles. The van der Waals surface area contributed by atoms with Crippen molar-refractivity contribution in [3.63, 3.8) is 0 Å². The zero-order valence-corrected chi connectivity index (χ0v) is 11.8. The molecule has 0 saturated carbocycles. The van der Waals surface area contributed by atoms with E-state index in [0.29, 0.717) is 5.56 Å². The number of benzene rings is 1. The van der Waals surface area contributed by atoms with Gasteiger partial charge in [0.2, 0.25) is 0 Å². The first-order valence-electron chi connectivity index (χ1n) is 5.25. The van der Waals surface area contributed by atoms with Crippen LogP contribution in [0, 0.1) is 16.3 Å². The van der Waals surface area contributed by atoms with Crippen LogP contribution in [0.5, 0.6) is 0 Å². The van der Waals surface area contributed by atoms with E-state index in [1.54, 1.807) is 23.9 Å². The summed E-state index contributed by atoms with van der Waals surface area (Å²) in [7, 11) is 0. The van der Waals surface area contributed by atoms with Crippen LogP contribution in [-0.4, -0.2) is 9.78 Å². The summed E-state index contributed by atoms with van der Waals surface area (Å²) >= 11 is 2.18. The molecule has 0 radical (unpaired) electrons. The summed E-state index contributed by atoms with van der Waals surface area (Å²) in [6.07, 6.45) is 3.64. The Morgan fingerprint density at radius 2 is 2.18 bits per heavy atom. The Bertz CT molecular complexity index is 549. The van der Waals surface area contributed by atoms with Gasteiger partial charge in [-0.2, -0.15) is 5.10 Å². The van der Waals surface area contributed by atoms with Gasteiger partial charge in [-0.15, -0.1) is 0 Å². The molecule has 0 bridgehead atoms. The number of aryl methyl sites for hydroxylation is 1. The molecule has 2 rings (SSSR count). The zero-order valence-electron chi connectivity index (χ0n) is 9.61. The number of nitrogens with zero attached hydrogens (tertiary/aromatic N) is 2. The van der Waals surface area contributed by atoms with Gasteiger partial charge < -0.3 is 5.73 Å². The number of rotatable bonds is 2. The molecule has 5 heteroatoms. The standard InChI is InChI=1S/C12H13FIN3/c1-7-3-12(17-6-9(14)5-16-17)10(8(2)15)4-11(7)13/h3-6,8H,15H2,1-2H3/t8-/m0/s1. The highest BCUT2D eigenvalue weighted by atomic mass is 127. The van der Waals surface area contributed by atoms with Crippen molar-refractivity contribution in [2.75, 3.05) is 0 Å². The summed E-state index contributed by atoms with van der Waals surface area (Å²) in [6.45, 7) is 3.57. The lowest BCUT2D eigenvalue weighted by Crippen LogP contribution is -2.11. The van der Waals surface area contributed by atoms with Crippen LogP contribution < -0.4 is 5.73 Å². The second-order valence-electron chi connectivity index (χ2n) is 4.05. The minimum atomic E-state index is -0.234. The lowest BCUT2D eigenvalue weighted by molar-refractivity contribution is 0.611. The van der Waals surface area contributed by atoms with E-state index in [1.165, 1.54) is 6.07 Å². The molecule has 1 heterocycles. The van der Waals surface area contributed by atoms with Gasteiger partial charge in [-0.25, -0.2) is 9.07 Å². The monoisotopic (exact) mass is 345 g/mol. The topological polar surface area (TPSA) is 43.8 Å². The van der Waals surface area contributed by atoms with Crippen LogP contribution in [0.25, 0.3) is 5.69 Å². The van der Waals surface area contributed by atoms with Crippen molar-refractivity contribution in [1.29, 1.82) is 0 Å². The van der Waals surface area contributed by atoms with E-state index in [4.69, 9.17) is 5.73 Å². The molecule has 0 unspecified atom stereocenters. The third-order valence-electron chi connectivity index (χ3n) is 2.60. The average Bonchev–Trinajstić information content (AvgIpc) is 2.68. The van der Waals surface area contributed by atoms with Crippen molar-refractivity contribution >= 4 is 22.6 Å². The van der Waals surface area contributed by atoms with Crippen molar-refractivity contribution in [2.24, 2.45) is 5.73 Å². The normalized spacial score (nSPS) is 12.8. The van der Waals surface area contributed by atoms with E-state index in [1.807, 2.05) is 13.1 Å². The van der Waals surface area contributed by atoms with Gasteiger partial charge in [0.15, 0.2) is 0 Å². The molecule has 0 aliphatic heterocycles. The van der Waals surface area contributed by atoms with E-state index in [0.717, 1.165) is 14.8 Å². The van der Waals surface area contributed by atoms with Gasteiger partial charge in [-0.3, -0.25) is 0 Å². The highest BCUT2D eigenvalue weighted by Crippen LogP contribution is 2.24. The van der Waals surface area contributed by atoms with Crippen LogP contribution >= 0.6 is 22.6 Å². The Kier molecular flexibility index (Phi) is 3.48. The maximum atomic E-state index is 13.6. The van der Waals surface area contributed by atoms with Gasteiger partial charge in [-0.05, 0) is 59.7 Å². The Balaban J connectivity index is 2.63. The minimum Gasteiger partial charge on any atom is -0.324 e. The average molecular weight is 345 g/mol. The summed E-state index contributed by atoms with van der Waals surface area (Å²) in [5.74, 6) is -0.233. The van der Waals surface area contributed by atoms with E-state index in [9.17, 15) is 4.39 Å². The first-order chi connectivity index (χ1) is 7.99. The van der Waals surface area contributed by atoms with Gasteiger partial charge in [0, 0.05) is 12.2 Å². The van der Waals surface area contributed by atoms with Crippen molar-refractivity contribution in [2.45, 2.75) is 19.9 Å². The molecule has 0 spiro atoms. The van der Waals surface area contributed by atoms with Crippen molar-refractivity contribution < 1.29 is 4.39 Å². The third-order valence-corrected chi connectivity index (χ3v) is 3.15. The molecule has 2 aromatic rings. The SMILES string of the molecule is Cc1cc(-n2cc(I)cn2)c([C@H](C)N)cc1F. The van der Waals surface area contributed by atoms with Crippen LogP contribution in [0.4, 0.5) is 4.39 Å². The molecule has 17 heavy (non-hydrogen) atoms. The van der Waals surface area contributed by atoms with Crippen LogP contribution in [-0.2, 0) is 0 Å². The lowest BCUT2D eigenvalue weighted by atomic mass is 10.0. The molecule has 1 aromatic heterocycles. The van der Waals surface area contributed by atoms with E-state index in [2.05, 4.69) is 27.7 Å². The fourth-order valence-electron chi connectivity index (χ4n) is 1.68. The highest BCUT2D eigenvalue weighted by Gasteiger charge is 2.13. The molecule has 0 aliphatic rings. The molecule has 90 valence electrons. The molecule has 0 aliphatic carbocycles. The van der Waals surface area contributed by atoms with Crippen LogP contribution in [0.1, 0.15) is 24.1 Å². The third kappa shape index (κ3) is 2.50. The predicted molar refractivity (Wildman–Crippen MR) is 73.6 cm³/mol. The van der Waals surface area contributed by atoms with Crippen LogP contribution in [0.3, 0.4) is 0 Å². The van der Waals surface area contributed by atoms with Gasteiger partial charge in [-0.1, -0.05) is 0 Å². The summed E-state index contributed by atoms with van der Waals surface area (Å²) in [6, 6.07) is 3.03. The molecular weight excluding hydrogens is 332 g/mol. The fourth-order valence-corrected chi connectivity index (χ4v) is 2.07. The zero-order chi connectivity index (χ0) is 12.6. The van der Waals surface area contributed by atoms with Gasteiger partial charge in [0.1, 0.15) is 5.82 Å². The van der Waals surface area contributed by atoms with Gasteiger partial charge in [0.25, 0.3) is 0 Å². The summed E-state index contributed by atoms with van der Waals surface area (Å²) < 4.78 is 16.3. The van der Waals surface area contributed by atoms with Crippen molar-refractivity contribution in [3.05, 3.63) is 45.0 Å². The Hall–Kier alpha value is -0.950. The molecular formula is C12H13FIN3. The smallest absolute Gasteiger partial charge is 0.126 e. The first-order valence-corrected chi connectivity index (χ1v) is 6.33. The maximum Gasteiger partial charge on any atom is 0.126 e. The quantitative estimate of drug-likeness (QED) is 0.851. The summed E-state index contributed by atoms with van der Waals surface area (Å²) in [5, 5.41) is 4.23. The summed E-state index contributed by atoms with van der Waals surface area (Å²) in [5.41, 5.74) is 8.05. The maximum absolute atomic E-state index is 13.6. The second-order valence-corrected chi connectivity index (χ2v) is 5.30. The Morgan fingerprint density at radius 3 is 2.71 bits per heavy atom. The predicted octanol–water partition coefficient (Wildman–Crippen LogP) is 2.94. The largest absolute Gasteiger partial charge is 0.324 e. The van der Waals surface area contributed by atoms with Crippen LogP contribution in [0.2, 0.25) is 0 Å². The number of hydrogen-bond acceptors (Lipinski definition) is 2. The van der Waals surface area contributed by atoms with Crippen LogP contribution in [0.15, 0.2) is 24.5 Å². The van der Waals surface area contributed by atoms with E-state index in [-0.39, 0.29) is 11.9 Å². The van der Waals surface area contributed by atoms with Gasteiger partial charge >= 0.3 is 0 Å².